The number of hydrogen-bond donors (Lipinski definition) is 1. The van der Waals surface area contributed by atoms with Gasteiger partial charge < -0.3 is 10.2 Å². The minimum absolute atomic E-state index is 0.0400. The SMILES string of the molecule is CCCCCNC(C)C(=O)N(CC)CC. The molecule has 0 aliphatic carbocycles. The van der Waals surface area contributed by atoms with Gasteiger partial charge in [0.1, 0.15) is 0 Å². The number of likely N-dealkylation sites (N-methyl/N-ethyl adjacent to an activating group) is 1. The molecule has 0 spiro atoms. The highest BCUT2D eigenvalue weighted by molar-refractivity contribution is 5.81. The van der Waals surface area contributed by atoms with Crippen molar-refractivity contribution in [2.24, 2.45) is 0 Å². The molecule has 0 fully saturated rings. The van der Waals surface area contributed by atoms with Crippen LogP contribution in [0.2, 0.25) is 0 Å². The molecule has 3 nitrogen and oxygen atoms in total. The smallest absolute Gasteiger partial charge is 0.239 e. The zero-order chi connectivity index (χ0) is 11.7. The molecule has 0 rings (SSSR count). The molecule has 0 bridgehead atoms. The second-order valence-corrected chi connectivity index (χ2v) is 3.89. The summed E-state index contributed by atoms with van der Waals surface area (Å²) in [6.07, 6.45) is 3.62. The van der Waals surface area contributed by atoms with E-state index >= 15 is 0 Å². The van der Waals surface area contributed by atoms with E-state index in [-0.39, 0.29) is 11.9 Å². The summed E-state index contributed by atoms with van der Waals surface area (Å²) in [4.78, 5) is 13.7. The minimum Gasteiger partial charge on any atom is -0.342 e. The summed E-state index contributed by atoms with van der Waals surface area (Å²) < 4.78 is 0. The fraction of sp³-hybridized carbons (Fsp3) is 0.917. The summed E-state index contributed by atoms with van der Waals surface area (Å²) in [5.41, 5.74) is 0. The molecule has 3 heteroatoms. The fourth-order valence-electron chi connectivity index (χ4n) is 1.59. The van der Waals surface area contributed by atoms with Gasteiger partial charge in [0.2, 0.25) is 5.91 Å². The first-order chi connectivity index (χ1) is 7.17. The molecule has 0 radical (unpaired) electrons. The van der Waals surface area contributed by atoms with E-state index in [0.29, 0.717) is 0 Å². The third kappa shape index (κ3) is 5.78. The van der Waals surface area contributed by atoms with Gasteiger partial charge in [0, 0.05) is 13.1 Å². The molecule has 0 saturated carbocycles. The number of nitrogens with one attached hydrogen (secondary N) is 1. The maximum Gasteiger partial charge on any atom is 0.239 e. The molecule has 1 amide bonds. The van der Waals surface area contributed by atoms with E-state index in [1.807, 2.05) is 25.7 Å². The van der Waals surface area contributed by atoms with Gasteiger partial charge in [0.05, 0.1) is 6.04 Å². The molecule has 1 unspecified atom stereocenters. The van der Waals surface area contributed by atoms with E-state index < -0.39 is 0 Å². The lowest BCUT2D eigenvalue weighted by Gasteiger charge is -2.23. The molecule has 0 aliphatic rings. The normalized spacial score (nSPS) is 12.5. The van der Waals surface area contributed by atoms with E-state index in [4.69, 9.17) is 0 Å². The van der Waals surface area contributed by atoms with Crippen LogP contribution in [0.1, 0.15) is 47.0 Å². The van der Waals surface area contributed by atoms with Crippen LogP contribution in [-0.4, -0.2) is 36.5 Å². The molecule has 90 valence electrons. The van der Waals surface area contributed by atoms with E-state index in [1.54, 1.807) is 0 Å². The topological polar surface area (TPSA) is 32.3 Å². The van der Waals surface area contributed by atoms with E-state index in [2.05, 4.69) is 12.2 Å². The summed E-state index contributed by atoms with van der Waals surface area (Å²) in [5.74, 6) is 0.219. The predicted octanol–water partition coefficient (Wildman–Crippen LogP) is 2.02. The summed E-state index contributed by atoms with van der Waals surface area (Å²) in [6, 6.07) is -0.0400. The second-order valence-electron chi connectivity index (χ2n) is 3.89. The molecule has 0 saturated heterocycles. The van der Waals surface area contributed by atoms with Gasteiger partial charge in [-0.25, -0.2) is 0 Å². The molecule has 0 aliphatic heterocycles. The van der Waals surface area contributed by atoms with Crippen LogP contribution in [0.3, 0.4) is 0 Å². The first-order valence-corrected chi connectivity index (χ1v) is 6.19. The lowest BCUT2D eigenvalue weighted by Crippen LogP contribution is -2.45. The predicted molar refractivity (Wildman–Crippen MR) is 64.9 cm³/mol. The van der Waals surface area contributed by atoms with Crippen LogP contribution < -0.4 is 5.32 Å². The van der Waals surface area contributed by atoms with Gasteiger partial charge in [-0.05, 0) is 33.7 Å². The van der Waals surface area contributed by atoms with Gasteiger partial charge >= 0.3 is 0 Å². The van der Waals surface area contributed by atoms with Crippen LogP contribution in [0.4, 0.5) is 0 Å². The Kier molecular flexibility index (Phi) is 8.38. The Morgan fingerprint density at radius 2 is 1.80 bits per heavy atom. The monoisotopic (exact) mass is 214 g/mol. The van der Waals surface area contributed by atoms with Gasteiger partial charge in [-0.15, -0.1) is 0 Å². The summed E-state index contributed by atoms with van der Waals surface area (Å²) >= 11 is 0. The van der Waals surface area contributed by atoms with E-state index in [1.165, 1.54) is 12.8 Å². The van der Waals surface area contributed by atoms with E-state index in [0.717, 1.165) is 26.1 Å². The zero-order valence-corrected chi connectivity index (χ0v) is 10.7. The molecule has 0 aromatic carbocycles. The van der Waals surface area contributed by atoms with Crippen molar-refractivity contribution in [1.82, 2.24) is 10.2 Å². The Morgan fingerprint density at radius 1 is 1.20 bits per heavy atom. The van der Waals surface area contributed by atoms with Crippen molar-refractivity contribution in [3.05, 3.63) is 0 Å². The van der Waals surface area contributed by atoms with Gasteiger partial charge in [0.15, 0.2) is 0 Å². The Hall–Kier alpha value is -0.570. The van der Waals surface area contributed by atoms with Crippen molar-refractivity contribution >= 4 is 5.91 Å². The maximum absolute atomic E-state index is 11.8. The summed E-state index contributed by atoms with van der Waals surface area (Å²) in [7, 11) is 0. The first kappa shape index (κ1) is 14.4. The Bertz CT molecular complexity index is 167. The van der Waals surface area contributed by atoms with Crippen molar-refractivity contribution in [1.29, 1.82) is 0 Å². The molecule has 0 aromatic rings. The summed E-state index contributed by atoms with van der Waals surface area (Å²) in [5, 5.41) is 3.28. The highest BCUT2D eigenvalue weighted by Gasteiger charge is 2.16. The lowest BCUT2D eigenvalue weighted by atomic mass is 10.2. The number of hydrogen-bond acceptors (Lipinski definition) is 2. The Morgan fingerprint density at radius 3 is 2.27 bits per heavy atom. The quantitative estimate of drug-likeness (QED) is 0.627. The molecule has 0 heterocycles. The van der Waals surface area contributed by atoms with Crippen molar-refractivity contribution < 1.29 is 4.79 Å². The first-order valence-electron chi connectivity index (χ1n) is 6.19. The van der Waals surface area contributed by atoms with E-state index in [9.17, 15) is 4.79 Å². The van der Waals surface area contributed by atoms with Gasteiger partial charge in [-0.2, -0.15) is 0 Å². The van der Waals surface area contributed by atoms with Gasteiger partial charge in [-0.3, -0.25) is 4.79 Å². The highest BCUT2D eigenvalue weighted by atomic mass is 16.2. The number of rotatable bonds is 8. The van der Waals surface area contributed by atoms with Crippen molar-refractivity contribution in [2.45, 2.75) is 53.0 Å². The minimum atomic E-state index is -0.0400. The lowest BCUT2D eigenvalue weighted by molar-refractivity contribution is -0.132. The largest absolute Gasteiger partial charge is 0.342 e. The second kappa shape index (κ2) is 8.72. The molecular formula is C12H26N2O. The van der Waals surface area contributed by atoms with Crippen LogP contribution in [0.25, 0.3) is 0 Å². The van der Waals surface area contributed by atoms with Crippen LogP contribution in [0, 0.1) is 0 Å². The van der Waals surface area contributed by atoms with Gasteiger partial charge in [0.25, 0.3) is 0 Å². The molecule has 0 aromatic heterocycles. The van der Waals surface area contributed by atoms with Crippen molar-refractivity contribution in [3.8, 4) is 0 Å². The third-order valence-electron chi connectivity index (χ3n) is 2.68. The molecule has 1 N–H and O–H groups in total. The standard InChI is InChI=1S/C12H26N2O/c1-5-8-9-10-13-11(4)12(15)14(6-2)7-3/h11,13H,5-10H2,1-4H3. The average Bonchev–Trinajstić information content (AvgIpc) is 2.25. The van der Waals surface area contributed by atoms with Crippen LogP contribution in [0.15, 0.2) is 0 Å². The Balaban J connectivity index is 3.77. The van der Waals surface area contributed by atoms with Crippen molar-refractivity contribution in [3.63, 3.8) is 0 Å². The summed E-state index contributed by atoms with van der Waals surface area (Å²) in [6.45, 7) is 10.7. The number of carbonyl (C=O) groups is 1. The fourth-order valence-corrected chi connectivity index (χ4v) is 1.59. The Labute approximate surface area is 94.2 Å². The van der Waals surface area contributed by atoms with Crippen LogP contribution >= 0.6 is 0 Å². The van der Waals surface area contributed by atoms with Gasteiger partial charge in [-0.1, -0.05) is 19.8 Å². The molecular weight excluding hydrogens is 188 g/mol. The highest BCUT2D eigenvalue weighted by Crippen LogP contribution is 1.96. The number of amides is 1. The molecule has 1 atom stereocenters. The average molecular weight is 214 g/mol. The van der Waals surface area contributed by atoms with Crippen LogP contribution in [-0.2, 0) is 4.79 Å². The third-order valence-corrected chi connectivity index (χ3v) is 2.68. The maximum atomic E-state index is 11.8. The van der Waals surface area contributed by atoms with Crippen LogP contribution in [0.5, 0.6) is 0 Å². The van der Waals surface area contributed by atoms with Crippen molar-refractivity contribution in [2.75, 3.05) is 19.6 Å². The number of unbranched alkanes of at least 4 members (excludes halogenated alkanes) is 2. The zero-order valence-electron chi connectivity index (χ0n) is 10.7. The molecule has 15 heavy (non-hydrogen) atoms. The number of carbonyl (C=O) groups excluding carboxylic acids is 1. The number of nitrogens with zero attached hydrogens (tertiary/aromatic N) is 1.